The van der Waals surface area contributed by atoms with Crippen molar-refractivity contribution in [2.24, 2.45) is 5.73 Å². The zero-order valence-electron chi connectivity index (χ0n) is 9.56. The van der Waals surface area contributed by atoms with Crippen molar-refractivity contribution in [2.75, 3.05) is 20.8 Å². The van der Waals surface area contributed by atoms with Gasteiger partial charge in [-0.15, -0.1) is 0 Å². The Bertz CT molecular complexity index is 430. The summed E-state index contributed by atoms with van der Waals surface area (Å²) in [5.41, 5.74) is 5.16. The molecule has 0 atom stereocenters. The molecule has 0 bridgehead atoms. The van der Waals surface area contributed by atoms with Gasteiger partial charge in [-0.25, -0.2) is 0 Å². The fourth-order valence-corrected chi connectivity index (χ4v) is 1.25. The molecule has 0 unspecified atom stereocenters. The minimum Gasteiger partial charge on any atom is -0.496 e. The fraction of sp³-hybridized carbons (Fsp3) is 0.273. The molecule has 0 spiro atoms. The zero-order valence-corrected chi connectivity index (χ0v) is 9.56. The van der Waals surface area contributed by atoms with Crippen LogP contribution < -0.4 is 19.9 Å². The lowest BCUT2D eigenvalue weighted by molar-refractivity contribution is -0.119. The number of carbonyl (C=O) groups excluding carboxylic acids is 2. The van der Waals surface area contributed by atoms with Gasteiger partial charge in [-0.05, 0) is 0 Å². The molecule has 0 aliphatic rings. The second kappa shape index (κ2) is 5.74. The highest BCUT2D eigenvalue weighted by atomic mass is 16.5. The lowest BCUT2D eigenvalue weighted by Crippen LogP contribution is -2.20. The van der Waals surface area contributed by atoms with Crippen LogP contribution in [0.2, 0.25) is 0 Å². The van der Waals surface area contributed by atoms with Crippen molar-refractivity contribution in [3.63, 3.8) is 0 Å². The maximum Gasteiger partial charge on any atom is 0.255 e. The van der Waals surface area contributed by atoms with Gasteiger partial charge in [-0.3, -0.25) is 9.59 Å². The Morgan fingerprint density at radius 2 is 1.94 bits per heavy atom. The molecule has 0 saturated carbocycles. The van der Waals surface area contributed by atoms with Gasteiger partial charge in [0.05, 0.1) is 19.8 Å². The molecule has 0 aromatic heterocycles. The highest BCUT2D eigenvalue weighted by Gasteiger charge is 2.13. The van der Waals surface area contributed by atoms with Gasteiger partial charge in [-0.2, -0.15) is 0 Å². The molecule has 1 aromatic rings. The van der Waals surface area contributed by atoms with Crippen molar-refractivity contribution in [1.29, 1.82) is 0 Å². The van der Waals surface area contributed by atoms with E-state index in [9.17, 15) is 9.59 Å². The largest absolute Gasteiger partial charge is 0.496 e. The van der Waals surface area contributed by atoms with E-state index in [4.69, 9.17) is 19.9 Å². The van der Waals surface area contributed by atoms with Crippen LogP contribution >= 0.6 is 0 Å². The Morgan fingerprint density at radius 1 is 1.29 bits per heavy atom. The molecule has 2 N–H and O–H groups in total. The van der Waals surface area contributed by atoms with Gasteiger partial charge in [0, 0.05) is 12.1 Å². The van der Waals surface area contributed by atoms with Crippen molar-refractivity contribution in [3.8, 4) is 17.2 Å². The van der Waals surface area contributed by atoms with Gasteiger partial charge in [0.25, 0.3) is 5.91 Å². The smallest absolute Gasteiger partial charge is 0.255 e. The molecular formula is C11H13NO5. The van der Waals surface area contributed by atoms with Crippen molar-refractivity contribution in [3.05, 3.63) is 17.7 Å². The van der Waals surface area contributed by atoms with Crippen LogP contribution in [0.15, 0.2) is 12.1 Å². The van der Waals surface area contributed by atoms with Crippen LogP contribution in [-0.2, 0) is 4.79 Å². The molecule has 1 rings (SSSR count). The first-order valence-corrected chi connectivity index (χ1v) is 4.74. The molecule has 1 aromatic carbocycles. The molecule has 0 aliphatic carbocycles. The van der Waals surface area contributed by atoms with Crippen LogP contribution in [0.25, 0.3) is 0 Å². The standard InChI is InChI=1S/C11H13NO5/c1-15-7-3-9(16-2)8(5-13)10(4-7)17-6-11(12)14/h3-5H,6H2,1-2H3,(H2,12,14). The van der Waals surface area contributed by atoms with E-state index >= 15 is 0 Å². The third-order valence-corrected chi connectivity index (χ3v) is 2.02. The second-order valence-corrected chi connectivity index (χ2v) is 3.11. The van der Waals surface area contributed by atoms with Gasteiger partial charge < -0.3 is 19.9 Å². The van der Waals surface area contributed by atoms with E-state index in [2.05, 4.69) is 0 Å². The highest BCUT2D eigenvalue weighted by Crippen LogP contribution is 2.32. The minimum absolute atomic E-state index is 0.190. The first kappa shape index (κ1) is 12.8. The maximum atomic E-state index is 10.9. The molecule has 92 valence electrons. The fourth-order valence-electron chi connectivity index (χ4n) is 1.25. The number of carbonyl (C=O) groups is 2. The molecule has 17 heavy (non-hydrogen) atoms. The number of hydrogen-bond acceptors (Lipinski definition) is 5. The number of nitrogens with two attached hydrogens (primary N) is 1. The Kier molecular flexibility index (Phi) is 4.33. The number of methoxy groups -OCH3 is 2. The van der Waals surface area contributed by atoms with Crippen molar-refractivity contribution in [1.82, 2.24) is 0 Å². The van der Waals surface area contributed by atoms with Gasteiger partial charge >= 0.3 is 0 Å². The van der Waals surface area contributed by atoms with E-state index < -0.39 is 5.91 Å². The monoisotopic (exact) mass is 239 g/mol. The number of aldehydes is 1. The van der Waals surface area contributed by atoms with Crippen LogP contribution in [0.4, 0.5) is 0 Å². The van der Waals surface area contributed by atoms with E-state index in [0.29, 0.717) is 17.8 Å². The third kappa shape index (κ3) is 3.10. The van der Waals surface area contributed by atoms with Crippen LogP contribution in [0.5, 0.6) is 17.2 Å². The number of benzene rings is 1. The quantitative estimate of drug-likeness (QED) is 0.725. The molecular weight excluding hydrogens is 226 g/mol. The Morgan fingerprint density at radius 3 is 2.41 bits per heavy atom. The molecule has 1 amide bonds. The van der Waals surface area contributed by atoms with Crippen LogP contribution in [0, 0.1) is 0 Å². The highest BCUT2D eigenvalue weighted by molar-refractivity contribution is 5.85. The summed E-state index contributed by atoms with van der Waals surface area (Å²) in [7, 11) is 2.88. The summed E-state index contributed by atoms with van der Waals surface area (Å²) in [5.74, 6) is 0.310. The Labute approximate surface area is 98.3 Å². The number of primary amides is 1. The van der Waals surface area contributed by atoms with Crippen LogP contribution in [0.1, 0.15) is 10.4 Å². The van der Waals surface area contributed by atoms with Gasteiger partial charge in [0.2, 0.25) is 0 Å². The Hall–Kier alpha value is -2.24. The van der Waals surface area contributed by atoms with E-state index in [1.165, 1.54) is 20.3 Å². The van der Waals surface area contributed by atoms with Crippen molar-refractivity contribution < 1.29 is 23.8 Å². The van der Waals surface area contributed by atoms with Crippen molar-refractivity contribution in [2.45, 2.75) is 0 Å². The maximum absolute atomic E-state index is 10.9. The summed E-state index contributed by atoms with van der Waals surface area (Å²) >= 11 is 0. The summed E-state index contributed by atoms with van der Waals surface area (Å²) in [5, 5.41) is 0. The topological polar surface area (TPSA) is 87.8 Å². The molecule has 6 nitrogen and oxygen atoms in total. The summed E-state index contributed by atoms with van der Waals surface area (Å²) in [6.07, 6.45) is 0.578. The van der Waals surface area contributed by atoms with Crippen LogP contribution in [-0.4, -0.2) is 33.0 Å². The first-order valence-electron chi connectivity index (χ1n) is 4.74. The zero-order chi connectivity index (χ0) is 12.8. The number of amides is 1. The molecule has 0 aliphatic heterocycles. The van der Waals surface area contributed by atoms with E-state index in [1.54, 1.807) is 6.07 Å². The molecule has 0 saturated heterocycles. The molecule has 0 fully saturated rings. The normalized spacial score (nSPS) is 9.53. The Balaban J connectivity index is 3.14. The van der Waals surface area contributed by atoms with Gasteiger partial charge in [0.1, 0.15) is 17.2 Å². The lowest BCUT2D eigenvalue weighted by Gasteiger charge is -2.12. The predicted octanol–water partition coefficient (Wildman–Crippen LogP) is 0.380. The molecule has 0 heterocycles. The average molecular weight is 239 g/mol. The number of rotatable bonds is 6. The summed E-state index contributed by atoms with van der Waals surface area (Å²) < 4.78 is 15.1. The summed E-state index contributed by atoms with van der Waals surface area (Å²) in [4.78, 5) is 21.6. The lowest BCUT2D eigenvalue weighted by atomic mass is 10.2. The molecule has 0 radical (unpaired) electrons. The molecule has 6 heteroatoms. The van der Waals surface area contributed by atoms with Gasteiger partial charge in [-0.1, -0.05) is 0 Å². The second-order valence-electron chi connectivity index (χ2n) is 3.11. The summed E-state index contributed by atoms with van der Waals surface area (Å²) in [6.45, 7) is -0.322. The SMILES string of the molecule is COc1cc(OC)c(C=O)c(OCC(N)=O)c1. The first-order chi connectivity index (χ1) is 8.12. The number of hydrogen-bond donors (Lipinski definition) is 1. The summed E-state index contributed by atoms with van der Waals surface area (Å²) in [6, 6.07) is 3.02. The van der Waals surface area contributed by atoms with Crippen LogP contribution in [0.3, 0.4) is 0 Å². The van der Waals surface area contributed by atoms with Crippen molar-refractivity contribution >= 4 is 12.2 Å². The van der Waals surface area contributed by atoms with E-state index in [1.807, 2.05) is 0 Å². The third-order valence-electron chi connectivity index (χ3n) is 2.02. The minimum atomic E-state index is -0.636. The van der Waals surface area contributed by atoms with Gasteiger partial charge in [0.15, 0.2) is 12.9 Å². The van der Waals surface area contributed by atoms with E-state index in [-0.39, 0.29) is 17.9 Å². The average Bonchev–Trinajstić information content (AvgIpc) is 2.34. The predicted molar refractivity (Wildman–Crippen MR) is 59.6 cm³/mol. The van der Waals surface area contributed by atoms with E-state index in [0.717, 1.165) is 0 Å². The number of ether oxygens (including phenoxy) is 3.